The zero-order valence-electron chi connectivity index (χ0n) is 24.4. The summed E-state index contributed by atoms with van der Waals surface area (Å²) in [5, 5.41) is 1.71. The number of carbonyl (C=O) groups excluding carboxylic acids is 2. The van der Waals surface area contributed by atoms with Gasteiger partial charge in [-0.3, -0.25) is 24.3 Å². The maximum Gasteiger partial charge on any atom is 0.319 e. The summed E-state index contributed by atoms with van der Waals surface area (Å²) in [6.07, 6.45) is 3.15. The predicted octanol–water partition coefficient (Wildman–Crippen LogP) is 4.38. The van der Waals surface area contributed by atoms with Crippen LogP contribution in [0.3, 0.4) is 0 Å². The first-order chi connectivity index (χ1) is 20.4. The van der Waals surface area contributed by atoms with Gasteiger partial charge in [0.15, 0.2) is 11.6 Å². The minimum absolute atomic E-state index is 0.00791. The Labute approximate surface area is 258 Å². The molecule has 43 heavy (non-hydrogen) atoms. The molecule has 13 heteroatoms. The van der Waals surface area contributed by atoms with Gasteiger partial charge in [-0.2, -0.15) is 0 Å². The Bertz CT molecular complexity index is 1630. The number of hydrogen-bond acceptors (Lipinski definition) is 8. The molecule has 1 saturated carbocycles. The van der Waals surface area contributed by atoms with E-state index in [4.69, 9.17) is 38.5 Å². The van der Waals surface area contributed by atoms with Crippen molar-refractivity contribution in [2.75, 3.05) is 38.8 Å². The van der Waals surface area contributed by atoms with E-state index in [0.29, 0.717) is 34.2 Å². The lowest BCUT2D eigenvalue weighted by Gasteiger charge is -2.45. The van der Waals surface area contributed by atoms with Crippen LogP contribution in [0, 0.1) is 5.82 Å². The molecule has 10 nitrogen and oxygen atoms in total. The van der Waals surface area contributed by atoms with Crippen LogP contribution in [0.2, 0.25) is 10.0 Å². The molecule has 230 valence electrons. The molecule has 5 rings (SSSR count). The van der Waals surface area contributed by atoms with Gasteiger partial charge in [0.1, 0.15) is 11.3 Å². The van der Waals surface area contributed by atoms with Crippen LogP contribution in [0.25, 0.3) is 10.9 Å². The fraction of sp³-hybridized carbons (Fsp3) is 0.433. The molecule has 2 aliphatic rings. The Balaban J connectivity index is 1.55. The van der Waals surface area contributed by atoms with Gasteiger partial charge in [-0.1, -0.05) is 29.3 Å². The van der Waals surface area contributed by atoms with Gasteiger partial charge in [0.05, 0.1) is 38.2 Å². The molecule has 0 spiro atoms. The zero-order valence-corrected chi connectivity index (χ0v) is 25.9. The number of amides is 1. The lowest BCUT2D eigenvalue weighted by Crippen LogP contribution is -2.58. The molecule has 1 amide bonds. The SMILES string of the molecule is COC(=O)CN1[C@H](C)CN(c2c(F)cc3c(=O)c(C(=O)N(N)Cc4ccc(Cl)cc4Cl)cn(C4CC4)c3c2OC)C[C@@H]1C. The number of esters is 1. The molecule has 1 aliphatic carbocycles. The third kappa shape index (κ3) is 6.04. The normalized spacial score (nSPS) is 19.0. The Morgan fingerprint density at radius 2 is 1.79 bits per heavy atom. The van der Waals surface area contributed by atoms with Gasteiger partial charge in [-0.15, -0.1) is 0 Å². The number of halogens is 3. The van der Waals surface area contributed by atoms with E-state index in [1.165, 1.54) is 26.5 Å². The van der Waals surface area contributed by atoms with Crippen LogP contribution in [0.4, 0.5) is 10.1 Å². The monoisotopic (exact) mass is 633 g/mol. The van der Waals surface area contributed by atoms with Gasteiger partial charge >= 0.3 is 5.97 Å². The number of anilines is 1. The number of piperazine rings is 1. The van der Waals surface area contributed by atoms with E-state index >= 15 is 4.39 Å². The highest BCUT2D eigenvalue weighted by Gasteiger charge is 2.36. The molecule has 0 radical (unpaired) electrons. The summed E-state index contributed by atoms with van der Waals surface area (Å²) >= 11 is 12.2. The molecule has 3 aromatic rings. The molecule has 2 heterocycles. The number of pyridine rings is 1. The van der Waals surface area contributed by atoms with Gasteiger partial charge < -0.3 is 18.9 Å². The molecule has 1 aromatic heterocycles. The summed E-state index contributed by atoms with van der Waals surface area (Å²) in [5.41, 5.74) is 0.377. The van der Waals surface area contributed by atoms with Crippen molar-refractivity contribution in [2.24, 2.45) is 5.84 Å². The van der Waals surface area contributed by atoms with E-state index in [2.05, 4.69) is 0 Å². The average Bonchev–Trinajstić information content (AvgIpc) is 3.81. The van der Waals surface area contributed by atoms with E-state index in [1.54, 1.807) is 18.2 Å². The van der Waals surface area contributed by atoms with E-state index in [-0.39, 0.29) is 59.6 Å². The van der Waals surface area contributed by atoms with Crippen LogP contribution in [0.1, 0.15) is 48.7 Å². The second kappa shape index (κ2) is 12.3. The second-order valence-corrected chi connectivity index (χ2v) is 12.0. The topological polar surface area (TPSA) is 110 Å². The van der Waals surface area contributed by atoms with Crippen LogP contribution < -0.4 is 20.9 Å². The molecule has 2 fully saturated rings. The summed E-state index contributed by atoms with van der Waals surface area (Å²) in [6.45, 7) is 4.82. The number of hydrazine groups is 1. The Hall–Kier alpha value is -3.38. The molecule has 0 bridgehead atoms. The minimum Gasteiger partial charge on any atom is -0.492 e. The van der Waals surface area contributed by atoms with Crippen LogP contribution in [0.5, 0.6) is 5.75 Å². The Morgan fingerprint density at radius 1 is 1.12 bits per heavy atom. The Kier molecular flexibility index (Phi) is 8.89. The molecule has 2 N–H and O–H groups in total. The van der Waals surface area contributed by atoms with Gasteiger partial charge in [0.2, 0.25) is 5.43 Å². The van der Waals surface area contributed by atoms with Gasteiger partial charge in [-0.25, -0.2) is 10.2 Å². The van der Waals surface area contributed by atoms with E-state index in [9.17, 15) is 14.4 Å². The number of benzene rings is 2. The lowest BCUT2D eigenvalue weighted by molar-refractivity contribution is -0.143. The van der Waals surface area contributed by atoms with Crippen molar-refractivity contribution in [2.45, 2.75) is 51.4 Å². The fourth-order valence-electron chi connectivity index (χ4n) is 5.85. The highest BCUT2D eigenvalue weighted by atomic mass is 35.5. The third-order valence-electron chi connectivity index (χ3n) is 8.15. The highest BCUT2D eigenvalue weighted by Crippen LogP contribution is 2.44. The van der Waals surface area contributed by atoms with E-state index in [1.807, 2.05) is 28.2 Å². The highest BCUT2D eigenvalue weighted by molar-refractivity contribution is 6.35. The number of ether oxygens (including phenoxy) is 2. The molecule has 2 aromatic carbocycles. The van der Waals surface area contributed by atoms with Gasteiger partial charge in [-0.05, 0) is 50.5 Å². The van der Waals surface area contributed by atoms with Crippen molar-refractivity contribution < 1.29 is 23.5 Å². The third-order valence-corrected chi connectivity index (χ3v) is 8.73. The fourth-order valence-corrected chi connectivity index (χ4v) is 6.32. The van der Waals surface area contributed by atoms with Crippen LogP contribution in [0.15, 0.2) is 35.3 Å². The number of methoxy groups -OCH3 is 2. The van der Waals surface area contributed by atoms with E-state index in [0.717, 1.165) is 17.9 Å². The molecule has 2 atom stereocenters. The molecule has 1 aliphatic heterocycles. The first-order valence-electron chi connectivity index (χ1n) is 14.0. The maximum atomic E-state index is 16.0. The summed E-state index contributed by atoms with van der Waals surface area (Å²) in [5.74, 6) is 4.64. The van der Waals surface area contributed by atoms with Gasteiger partial charge in [0.25, 0.3) is 5.91 Å². The standard InChI is InChI=1S/C30H34Cl2FN5O5/c1-16-11-35(12-17(2)36(16)15-25(39)42-3)27-24(33)10-21-26(29(27)43-4)37(20-7-8-20)14-22(28(21)40)30(41)38(34)13-18-5-6-19(31)9-23(18)32/h5-6,9-10,14,16-17,20H,7-8,11-13,15,34H2,1-4H3/t16-,17+. The first-order valence-corrected chi connectivity index (χ1v) is 14.7. The van der Waals surface area contributed by atoms with Crippen LogP contribution in [-0.2, 0) is 16.1 Å². The van der Waals surface area contributed by atoms with Crippen molar-refractivity contribution in [1.29, 1.82) is 0 Å². The first kappa shape index (κ1) is 31.1. The van der Waals surface area contributed by atoms with Crippen molar-refractivity contribution in [3.05, 3.63) is 67.7 Å². The Morgan fingerprint density at radius 3 is 2.37 bits per heavy atom. The molecular formula is C30H34Cl2FN5O5. The van der Waals surface area contributed by atoms with Crippen LogP contribution >= 0.6 is 23.2 Å². The van der Waals surface area contributed by atoms with Crippen LogP contribution in [-0.4, -0.2) is 72.3 Å². The summed E-state index contributed by atoms with van der Waals surface area (Å²) in [7, 11) is 2.79. The number of nitrogens with two attached hydrogens (primary N) is 1. The molecule has 1 saturated heterocycles. The minimum atomic E-state index is -0.722. The zero-order chi connectivity index (χ0) is 31.2. The molecule has 0 unspecified atom stereocenters. The number of hydrogen-bond donors (Lipinski definition) is 1. The average molecular weight is 635 g/mol. The predicted molar refractivity (Wildman–Crippen MR) is 163 cm³/mol. The number of fused-ring (bicyclic) bond motifs is 1. The number of nitrogens with zero attached hydrogens (tertiary/aromatic N) is 4. The largest absolute Gasteiger partial charge is 0.492 e. The van der Waals surface area contributed by atoms with E-state index < -0.39 is 17.2 Å². The molecular weight excluding hydrogens is 600 g/mol. The van der Waals surface area contributed by atoms with Gasteiger partial charge in [0, 0.05) is 47.5 Å². The summed E-state index contributed by atoms with van der Waals surface area (Å²) < 4.78 is 28.5. The number of rotatable bonds is 8. The van der Waals surface area contributed by atoms with Crippen molar-refractivity contribution >= 4 is 51.7 Å². The maximum absolute atomic E-state index is 16.0. The summed E-state index contributed by atoms with van der Waals surface area (Å²) in [4.78, 5) is 43.1. The lowest BCUT2D eigenvalue weighted by atomic mass is 10.0. The smallest absolute Gasteiger partial charge is 0.319 e. The second-order valence-electron chi connectivity index (χ2n) is 11.2. The number of carbonyl (C=O) groups is 2. The van der Waals surface area contributed by atoms with Crippen molar-refractivity contribution in [3.8, 4) is 5.75 Å². The van der Waals surface area contributed by atoms with Crippen molar-refractivity contribution in [1.82, 2.24) is 14.5 Å². The summed E-state index contributed by atoms with van der Waals surface area (Å²) in [6, 6.07) is 5.81. The number of aromatic nitrogens is 1. The quantitative estimate of drug-likeness (QED) is 0.168. The van der Waals surface area contributed by atoms with Crippen molar-refractivity contribution in [3.63, 3.8) is 0 Å².